The Morgan fingerprint density at radius 1 is 0.651 bits per heavy atom. The first-order chi connectivity index (χ1) is 50.2. The molecule has 4 saturated carbocycles. The Kier molecular flexibility index (Phi) is 30.6. The number of fused-ring (bicyclic) bond motifs is 3. The van der Waals surface area contributed by atoms with Crippen molar-refractivity contribution in [3.05, 3.63) is 12.2 Å². The third-order valence-electron chi connectivity index (χ3n) is 24.5. The van der Waals surface area contributed by atoms with Crippen LogP contribution in [-0.2, 0) is 67.0 Å². The highest BCUT2D eigenvalue weighted by Crippen LogP contribution is 2.44. The molecule has 4 aliphatic heterocycles. The van der Waals surface area contributed by atoms with Gasteiger partial charge in [0, 0.05) is 81.0 Å². The molecule has 0 aromatic carbocycles. The number of carbonyl (C=O) groups is 12. The van der Waals surface area contributed by atoms with Crippen LogP contribution in [0.1, 0.15) is 188 Å². The molecule has 12 atom stereocenters. The molecule has 12 amide bonds. The van der Waals surface area contributed by atoms with Crippen LogP contribution in [0.3, 0.4) is 0 Å². The highest BCUT2D eigenvalue weighted by Gasteiger charge is 2.53. The molecule has 4 aliphatic carbocycles. The number of hydrogen-bond acceptors (Lipinski definition) is 14. The van der Waals surface area contributed by atoms with E-state index >= 15 is 43.2 Å². The highest BCUT2D eigenvalue weighted by molar-refractivity contribution is 6.21. The van der Waals surface area contributed by atoms with E-state index in [1.807, 2.05) is 26.8 Å². The summed E-state index contributed by atoms with van der Waals surface area (Å²) < 4.78 is 53.6. The van der Waals surface area contributed by atoms with Crippen LogP contribution in [0.15, 0.2) is 12.2 Å². The Balaban J connectivity index is 1.19. The molecule has 26 nitrogen and oxygen atoms in total. The van der Waals surface area contributed by atoms with Crippen LogP contribution in [-0.4, -0.2) is 288 Å². The smallest absolute Gasteiger partial charge is 0.381 e. The first-order valence-corrected chi connectivity index (χ1v) is 39.5. The maximum Gasteiger partial charge on any atom is 0.393 e. The number of methoxy groups -OCH3 is 1. The lowest BCUT2D eigenvalue weighted by molar-refractivity contribution is -0.182. The van der Waals surface area contributed by atoms with Crippen molar-refractivity contribution in [3.8, 4) is 0 Å². The quantitative estimate of drug-likeness (QED) is 0.157. The summed E-state index contributed by atoms with van der Waals surface area (Å²) in [7, 11) is 10.3. The van der Waals surface area contributed by atoms with Gasteiger partial charge in [-0.25, -0.2) is 0 Å². The molecule has 1 spiro atoms. The molecule has 3 saturated heterocycles. The van der Waals surface area contributed by atoms with Gasteiger partial charge < -0.3 is 69.5 Å². The van der Waals surface area contributed by atoms with Gasteiger partial charge in [-0.2, -0.15) is 13.2 Å². The second-order valence-electron chi connectivity index (χ2n) is 32.1. The number of alkyl halides is 4. The van der Waals surface area contributed by atoms with Crippen molar-refractivity contribution in [3.63, 3.8) is 0 Å². The van der Waals surface area contributed by atoms with E-state index < -0.39 is 174 Å². The summed E-state index contributed by atoms with van der Waals surface area (Å²) in [6.45, 7) is 6.91. The zero-order valence-electron chi connectivity index (χ0n) is 64.5. The number of nitrogens with zero attached hydrogens (tertiary/aromatic N) is 9. The van der Waals surface area contributed by atoms with Gasteiger partial charge in [-0.15, -0.1) is 11.6 Å². The van der Waals surface area contributed by atoms with Crippen molar-refractivity contribution < 1.29 is 80.2 Å². The van der Waals surface area contributed by atoms with Crippen molar-refractivity contribution in [2.24, 2.45) is 35.5 Å². The van der Waals surface area contributed by atoms with E-state index in [4.69, 9.17) is 21.1 Å². The van der Waals surface area contributed by atoms with Gasteiger partial charge in [0.2, 0.25) is 70.9 Å². The van der Waals surface area contributed by atoms with Crippen LogP contribution >= 0.6 is 11.6 Å². The monoisotopic (exact) mass is 1520 g/mol. The first-order valence-electron chi connectivity index (χ1n) is 39.0. The fraction of sp³-hybridized carbons (Fsp3) is 0.816. The fourth-order valence-corrected chi connectivity index (χ4v) is 18.1. The minimum absolute atomic E-state index is 0.00724. The van der Waals surface area contributed by atoms with Crippen molar-refractivity contribution >= 4 is 82.5 Å². The molecule has 4 heterocycles. The Morgan fingerprint density at radius 2 is 1.30 bits per heavy atom. The zero-order valence-corrected chi connectivity index (χ0v) is 65.2. The maximum atomic E-state index is 15.8. The lowest BCUT2D eigenvalue weighted by atomic mass is 9.78. The molecule has 2 bridgehead atoms. The van der Waals surface area contributed by atoms with Gasteiger partial charge in [0.05, 0.1) is 44.7 Å². The van der Waals surface area contributed by atoms with Crippen LogP contribution in [0.25, 0.3) is 0 Å². The lowest BCUT2D eigenvalue weighted by Crippen LogP contribution is -2.65. The van der Waals surface area contributed by atoms with E-state index in [1.54, 1.807) is 20.1 Å². The predicted octanol–water partition coefficient (Wildman–Crippen LogP) is 5.65. The molecule has 0 aromatic rings. The maximum absolute atomic E-state index is 15.8. The Hall–Kier alpha value is -6.62. The van der Waals surface area contributed by atoms with Gasteiger partial charge in [-0.1, -0.05) is 72.0 Å². The van der Waals surface area contributed by atoms with E-state index in [9.17, 15) is 27.6 Å². The summed E-state index contributed by atoms with van der Waals surface area (Å²) >= 11 is 6.45. The van der Waals surface area contributed by atoms with Crippen LogP contribution < -0.4 is 16.0 Å². The largest absolute Gasteiger partial charge is 0.393 e. The van der Waals surface area contributed by atoms with Crippen molar-refractivity contribution in [2.75, 3.05) is 102 Å². The first kappa shape index (κ1) is 85.0. The van der Waals surface area contributed by atoms with Gasteiger partial charge >= 0.3 is 6.18 Å². The molecular formula is C76H120ClF3N12O14. The molecule has 596 valence electrons. The second kappa shape index (κ2) is 38.1. The SMILES string of the molecule is CC[C@H](C)[C@@H]1NC(=O)[C@H](CC(C)C)N(C)C(=O)C[C@@H](C(=O)N2CCOCC2)N(C)C(=O)[C@H](C2CCCC2)N(C)C(=O)C2(CCCC2)NC(=O)[C@@H]2CCCN2C(=O)[C@H](CCC2CCC(C(F)(F)F)C(Cl)C2)NC(=O)CN(C)C(=O)[C@H](CC2CCC(OC)CC2)N2C/C=C\CC[C@@H](C2=O)N(C)C(=O)CN(C)C1=O. The van der Waals surface area contributed by atoms with Crippen molar-refractivity contribution in [1.29, 1.82) is 0 Å². The number of halogens is 4. The number of carbonyl (C=O) groups excluding carboxylic acids is 12. The van der Waals surface area contributed by atoms with Gasteiger partial charge in [0.1, 0.15) is 53.9 Å². The number of nitrogens with one attached hydrogen (secondary N) is 3. The van der Waals surface area contributed by atoms with Crippen molar-refractivity contribution in [2.45, 2.75) is 260 Å². The predicted molar refractivity (Wildman–Crippen MR) is 389 cm³/mol. The summed E-state index contributed by atoms with van der Waals surface area (Å²) in [5.41, 5.74) is -1.57. The van der Waals surface area contributed by atoms with Crippen LogP contribution in [0, 0.1) is 35.5 Å². The van der Waals surface area contributed by atoms with E-state index in [-0.39, 0.29) is 134 Å². The summed E-state index contributed by atoms with van der Waals surface area (Å²) in [6.07, 6.45) is 6.85. The number of amides is 12. The zero-order chi connectivity index (χ0) is 77.6. The molecule has 30 heteroatoms. The van der Waals surface area contributed by atoms with E-state index in [1.165, 1.54) is 86.4 Å². The minimum Gasteiger partial charge on any atom is -0.381 e. The Morgan fingerprint density at radius 3 is 1.92 bits per heavy atom. The standard InChI is InChI=1S/C76H120ClF3N12O14/c1-12-48(4)64-72(102)85(6)46-63(95)86(7)57-23-14-13-19-35-92(71(57)101)60(43-50-25-29-52(105-11)30-26-50)69(99)84(5)45-61(93)81-55(32-28-49-27-31-53(54(77)42-49)76(78,79)80)68(98)91-36-20-24-56(91)67(97)83-75(33-17-18-34-75)74(104)89(10)65(51-21-15-16-22-51)73(103)88(9)59(70(100)90-37-39-106-40-38-90)44-62(94)87(8)58(41-47(2)3)66(96)82-64/h13,19,47-60,64-65H,12,14-18,20-46H2,1-11H3,(H,81,93)(H,82,96)(H,83,97)/b19-13-/t48-,49?,50?,52?,53?,54?,55-,56-,57-,58-,59-,60-,64-,65-/m0/s1. The number of allylic oxidation sites excluding steroid dienone is 1. The lowest BCUT2D eigenvalue weighted by Gasteiger charge is -2.42. The van der Waals surface area contributed by atoms with E-state index in [0.717, 1.165) is 12.8 Å². The van der Waals surface area contributed by atoms with Crippen LogP contribution in [0.5, 0.6) is 0 Å². The average Bonchev–Trinajstić information content (AvgIpc) is 1.50. The fourth-order valence-electron chi connectivity index (χ4n) is 17.6. The average molecular weight is 1520 g/mol. The minimum atomic E-state index is -4.52. The van der Waals surface area contributed by atoms with Gasteiger partial charge in [0.25, 0.3) is 0 Å². The molecule has 3 unspecified atom stereocenters. The molecule has 8 aliphatic rings. The van der Waals surface area contributed by atoms with Crippen LogP contribution in [0.4, 0.5) is 13.2 Å². The summed E-state index contributed by atoms with van der Waals surface area (Å²) in [6, 6.07) is -9.92. The normalized spacial score (nSPS) is 31.8. The second-order valence-corrected chi connectivity index (χ2v) is 32.7. The highest BCUT2D eigenvalue weighted by atomic mass is 35.5. The molecule has 106 heavy (non-hydrogen) atoms. The van der Waals surface area contributed by atoms with Gasteiger partial charge in [-0.3, -0.25) is 57.5 Å². The number of rotatable bonds is 12. The Bertz CT molecular complexity index is 3140. The molecule has 0 radical (unpaired) electrons. The number of hydrogen-bond donors (Lipinski definition) is 3. The number of morpholine rings is 1. The van der Waals surface area contributed by atoms with E-state index in [2.05, 4.69) is 16.0 Å². The summed E-state index contributed by atoms with van der Waals surface area (Å²) in [5, 5.41) is 7.67. The summed E-state index contributed by atoms with van der Waals surface area (Å²) in [4.78, 5) is 194. The molecule has 8 rings (SSSR count). The molecular weight excluding hydrogens is 1400 g/mol. The third kappa shape index (κ3) is 20.8. The summed E-state index contributed by atoms with van der Waals surface area (Å²) in [5.74, 6) is -10.9. The number of likely N-dealkylation sites (N-methyl/N-ethyl adjacent to an activating group) is 6. The molecule has 0 aromatic heterocycles. The van der Waals surface area contributed by atoms with Gasteiger partial charge in [-0.05, 0) is 152 Å². The third-order valence-corrected chi connectivity index (χ3v) is 25.0. The Labute approximate surface area is 629 Å². The number of ether oxygens (including phenoxy) is 2. The molecule has 7 fully saturated rings. The van der Waals surface area contributed by atoms with Gasteiger partial charge in [0.15, 0.2) is 0 Å². The molecule has 3 N–H and O–H groups in total. The topological polar surface area (TPSA) is 289 Å². The van der Waals surface area contributed by atoms with E-state index in [0.29, 0.717) is 70.6 Å². The van der Waals surface area contributed by atoms with Crippen molar-refractivity contribution in [1.82, 2.24) is 60.0 Å². The van der Waals surface area contributed by atoms with Crippen LogP contribution in [0.2, 0.25) is 0 Å².